The number of hydrogen-bond donors (Lipinski definition) is 0. The molecule has 0 spiro atoms. The fourth-order valence-electron chi connectivity index (χ4n) is 0.865. The first-order valence-corrected chi connectivity index (χ1v) is 5.23. The van der Waals surface area contributed by atoms with Crippen LogP contribution in [0.25, 0.3) is 0 Å². The molecule has 0 amide bonds. The molecule has 0 radical (unpaired) electrons. The van der Waals surface area contributed by atoms with Gasteiger partial charge in [0.15, 0.2) is 5.16 Å². The van der Waals surface area contributed by atoms with Crippen LogP contribution in [0.1, 0.15) is 5.69 Å². The summed E-state index contributed by atoms with van der Waals surface area (Å²) in [5, 5.41) is 0.511. The number of hydrogen-bond acceptors (Lipinski definition) is 6. The maximum atomic E-state index is 10.9. The number of carbonyl (C=O) groups is 1. The molecule has 1 heterocycles. The van der Waals surface area contributed by atoms with Crippen LogP contribution in [0.2, 0.25) is 0 Å². The number of esters is 1. The molecular weight excluding hydrogens is 216 g/mol. The first kappa shape index (κ1) is 11.8. The average Bonchev–Trinajstić information content (AvgIpc) is 2.25. The Bertz CT molecular complexity index is 357. The lowest BCUT2D eigenvalue weighted by Crippen LogP contribution is -2.04. The van der Waals surface area contributed by atoms with Crippen LogP contribution in [0.15, 0.2) is 11.2 Å². The maximum absolute atomic E-state index is 10.9. The standard InChI is InChI=1S/C9H12N2O3S/c1-6-4-7(13-2)11-9(10-6)15-5-8(12)14-3/h4H,5H2,1-3H3. The van der Waals surface area contributed by atoms with E-state index in [0.29, 0.717) is 11.0 Å². The lowest BCUT2D eigenvalue weighted by Gasteiger charge is -2.03. The number of rotatable bonds is 4. The van der Waals surface area contributed by atoms with Crippen LogP contribution in [-0.2, 0) is 9.53 Å². The lowest BCUT2D eigenvalue weighted by atomic mass is 10.4. The molecule has 0 saturated heterocycles. The number of carbonyl (C=O) groups excluding carboxylic acids is 1. The van der Waals surface area contributed by atoms with Gasteiger partial charge in [0.05, 0.1) is 20.0 Å². The van der Waals surface area contributed by atoms with Gasteiger partial charge < -0.3 is 9.47 Å². The predicted octanol–water partition coefficient (Wildman–Crippen LogP) is 1.06. The summed E-state index contributed by atoms with van der Waals surface area (Å²) in [5.41, 5.74) is 0.800. The third-order valence-corrected chi connectivity index (χ3v) is 2.39. The molecule has 6 heteroatoms. The molecular formula is C9H12N2O3S. The Morgan fingerprint density at radius 1 is 1.47 bits per heavy atom. The van der Waals surface area contributed by atoms with Gasteiger partial charge in [0.25, 0.3) is 0 Å². The van der Waals surface area contributed by atoms with E-state index >= 15 is 0 Å². The number of aryl methyl sites for hydroxylation is 1. The van der Waals surface area contributed by atoms with Gasteiger partial charge in [-0.3, -0.25) is 4.79 Å². The van der Waals surface area contributed by atoms with Crippen molar-refractivity contribution in [2.45, 2.75) is 12.1 Å². The van der Waals surface area contributed by atoms with Gasteiger partial charge in [-0.2, -0.15) is 4.98 Å². The van der Waals surface area contributed by atoms with Crippen molar-refractivity contribution in [1.29, 1.82) is 0 Å². The Balaban J connectivity index is 2.68. The van der Waals surface area contributed by atoms with Crippen LogP contribution in [0.4, 0.5) is 0 Å². The predicted molar refractivity (Wildman–Crippen MR) is 56.1 cm³/mol. The molecule has 0 unspecified atom stereocenters. The van der Waals surface area contributed by atoms with E-state index < -0.39 is 0 Å². The highest BCUT2D eigenvalue weighted by Crippen LogP contribution is 2.17. The summed E-state index contributed by atoms with van der Waals surface area (Å²) in [6.07, 6.45) is 0. The molecule has 0 atom stereocenters. The number of thioether (sulfide) groups is 1. The first-order chi connectivity index (χ1) is 7.15. The molecule has 1 aromatic heterocycles. The number of nitrogens with zero attached hydrogens (tertiary/aromatic N) is 2. The van der Waals surface area contributed by atoms with E-state index in [-0.39, 0.29) is 11.7 Å². The molecule has 0 aliphatic rings. The molecule has 0 saturated carbocycles. The number of methoxy groups -OCH3 is 2. The van der Waals surface area contributed by atoms with Gasteiger partial charge in [0, 0.05) is 11.8 Å². The summed E-state index contributed by atoms with van der Waals surface area (Å²) in [7, 11) is 2.89. The van der Waals surface area contributed by atoms with Gasteiger partial charge in [-0.05, 0) is 6.92 Å². The minimum atomic E-state index is -0.302. The van der Waals surface area contributed by atoms with Gasteiger partial charge in [-0.1, -0.05) is 11.8 Å². The average molecular weight is 228 g/mol. The minimum Gasteiger partial charge on any atom is -0.481 e. The van der Waals surface area contributed by atoms with Crippen molar-refractivity contribution >= 4 is 17.7 Å². The zero-order valence-electron chi connectivity index (χ0n) is 8.81. The zero-order chi connectivity index (χ0) is 11.3. The highest BCUT2D eigenvalue weighted by atomic mass is 32.2. The first-order valence-electron chi connectivity index (χ1n) is 4.25. The summed E-state index contributed by atoms with van der Waals surface area (Å²) in [6.45, 7) is 1.84. The molecule has 0 aliphatic carbocycles. The third kappa shape index (κ3) is 3.75. The fraction of sp³-hybridized carbons (Fsp3) is 0.444. The Hall–Kier alpha value is -1.30. The van der Waals surface area contributed by atoms with Gasteiger partial charge in [0.1, 0.15) is 0 Å². The van der Waals surface area contributed by atoms with E-state index in [0.717, 1.165) is 5.69 Å². The van der Waals surface area contributed by atoms with E-state index in [2.05, 4.69) is 14.7 Å². The van der Waals surface area contributed by atoms with Gasteiger partial charge in [-0.25, -0.2) is 4.98 Å². The van der Waals surface area contributed by atoms with Gasteiger partial charge in [0.2, 0.25) is 5.88 Å². The van der Waals surface area contributed by atoms with Crippen molar-refractivity contribution in [3.8, 4) is 5.88 Å². The van der Waals surface area contributed by atoms with E-state index in [9.17, 15) is 4.79 Å². The molecule has 5 nitrogen and oxygen atoms in total. The fourth-order valence-corrected chi connectivity index (χ4v) is 1.59. The summed E-state index contributed by atoms with van der Waals surface area (Å²) >= 11 is 1.22. The van der Waals surface area contributed by atoms with Crippen molar-refractivity contribution < 1.29 is 14.3 Å². The summed E-state index contributed by atoms with van der Waals surface area (Å²) < 4.78 is 9.50. The van der Waals surface area contributed by atoms with Crippen molar-refractivity contribution in [3.63, 3.8) is 0 Å². The van der Waals surface area contributed by atoms with Crippen LogP contribution in [0, 0.1) is 6.92 Å². The summed E-state index contributed by atoms with van der Waals surface area (Å²) in [5.74, 6) is 0.391. The SMILES string of the molecule is COC(=O)CSc1nc(C)cc(OC)n1. The molecule has 1 rings (SSSR count). The van der Waals surface area contributed by atoms with Crippen LogP contribution in [0.3, 0.4) is 0 Å². The van der Waals surface area contributed by atoms with Crippen LogP contribution in [0.5, 0.6) is 5.88 Å². The van der Waals surface area contributed by atoms with Crippen molar-refractivity contribution in [1.82, 2.24) is 9.97 Å². The molecule has 15 heavy (non-hydrogen) atoms. The Labute approximate surface area is 92.2 Å². The van der Waals surface area contributed by atoms with Gasteiger partial charge in [-0.15, -0.1) is 0 Å². The summed E-state index contributed by atoms with van der Waals surface area (Å²) in [4.78, 5) is 19.1. The van der Waals surface area contributed by atoms with E-state index in [1.165, 1.54) is 26.0 Å². The van der Waals surface area contributed by atoms with Crippen LogP contribution in [-0.4, -0.2) is 35.9 Å². The Morgan fingerprint density at radius 3 is 2.80 bits per heavy atom. The van der Waals surface area contributed by atoms with E-state index in [4.69, 9.17) is 4.74 Å². The molecule has 0 aliphatic heterocycles. The lowest BCUT2D eigenvalue weighted by molar-refractivity contribution is -0.137. The molecule has 0 aromatic carbocycles. The largest absolute Gasteiger partial charge is 0.481 e. The van der Waals surface area contributed by atoms with Crippen molar-refractivity contribution in [3.05, 3.63) is 11.8 Å². The molecule has 0 fully saturated rings. The minimum absolute atomic E-state index is 0.198. The molecule has 0 N–H and O–H groups in total. The molecule has 1 aromatic rings. The number of ether oxygens (including phenoxy) is 2. The Kier molecular flexibility index (Phi) is 4.36. The highest BCUT2D eigenvalue weighted by molar-refractivity contribution is 7.99. The normalized spacial score (nSPS) is 9.80. The molecule has 0 bridgehead atoms. The second kappa shape index (κ2) is 5.55. The van der Waals surface area contributed by atoms with Crippen LogP contribution < -0.4 is 4.74 Å². The topological polar surface area (TPSA) is 61.3 Å². The Morgan fingerprint density at radius 2 is 2.20 bits per heavy atom. The number of aromatic nitrogens is 2. The van der Waals surface area contributed by atoms with Crippen molar-refractivity contribution in [2.75, 3.05) is 20.0 Å². The monoisotopic (exact) mass is 228 g/mol. The van der Waals surface area contributed by atoms with Crippen molar-refractivity contribution in [2.24, 2.45) is 0 Å². The smallest absolute Gasteiger partial charge is 0.316 e. The quantitative estimate of drug-likeness (QED) is 0.436. The second-order valence-electron chi connectivity index (χ2n) is 2.70. The zero-order valence-corrected chi connectivity index (χ0v) is 9.63. The second-order valence-corrected chi connectivity index (χ2v) is 3.64. The van der Waals surface area contributed by atoms with Gasteiger partial charge >= 0.3 is 5.97 Å². The third-order valence-electron chi connectivity index (χ3n) is 1.57. The molecule has 82 valence electrons. The highest BCUT2D eigenvalue weighted by Gasteiger charge is 2.06. The van der Waals surface area contributed by atoms with Crippen LogP contribution >= 0.6 is 11.8 Å². The maximum Gasteiger partial charge on any atom is 0.316 e. The van der Waals surface area contributed by atoms with E-state index in [1.807, 2.05) is 6.92 Å². The van der Waals surface area contributed by atoms with E-state index in [1.54, 1.807) is 6.07 Å². The summed E-state index contributed by atoms with van der Waals surface area (Å²) in [6, 6.07) is 1.72.